The summed E-state index contributed by atoms with van der Waals surface area (Å²) in [7, 11) is 0. The SMILES string of the molecule is CC(=NO)c1cc(F)ccc1OC1CCCCC1O. The van der Waals surface area contributed by atoms with Crippen molar-refractivity contribution in [1.29, 1.82) is 0 Å². The molecule has 4 nitrogen and oxygen atoms in total. The summed E-state index contributed by atoms with van der Waals surface area (Å²) >= 11 is 0. The number of hydrogen-bond donors (Lipinski definition) is 2. The standard InChI is InChI=1S/C14H18FNO3/c1-9(16-18)11-8-10(15)6-7-13(11)19-14-5-3-2-4-12(14)17/h6-8,12,14,17-18H,2-5H2,1H3. The molecule has 5 heteroatoms. The van der Waals surface area contributed by atoms with Crippen LogP contribution in [0.5, 0.6) is 5.75 Å². The molecule has 2 rings (SSSR count). The minimum absolute atomic E-state index is 0.278. The van der Waals surface area contributed by atoms with Gasteiger partial charge in [0.15, 0.2) is 0 Å². The molecule has 2 atom stereocenters. The molecule has 104 valence electrons. The summed E-state index contributed by atoms with van der Waals surface area (Å²) in [5.74, 6) is 0.0113. The highest BCUT2D eigenvalue weighted by molar-refractivity contribution is 6.00. The average molecular weight is 267 g/mol. The van der Waals surface area contributed by atoms with E-state index in [4.69, 9.17) is 9.94 Å². The van der Waals surface area contributed by atoms with Gasteiger partial charge in [-0.25, -0.2) is 4.39 Å². The zero-order valence-electron chi connectivity index (χ0n) is 10.8. The van der Waals surface area contributed by atoms with Gasteiger partial charge < -0.3 is 15.1 Å². The largest absolute Gasteiger partial charge is 0.487 e. The molecular weight excluding hydrogens is 249 g/mol. The van der Waals surface area contributed by atoms with Crippen molar-refractivity contribution in [3.05, 3.63) is 29.6 Å². The summed E-state index contributed by atoms with van der Waals surface area (Å²) in [6.07, 6.45) is 2.70. The summed E-state index contributed by atoms with van der Waals surface area (Å²) in [5.41, 5.74) is 0.681. The van der Waals surface area contributed by atoms with Gasteiger partial charge in [0, 0.05) is 5.56 Å². The second kappa shape index (κ2) is 6.02. The number of oxime groups is 1. The Morgan fingerprint density at radius 3 is 2.79 bits per heavy atom. The second-order valence-corrected chi connectivity index (χ2v) is 4.83. The van der Waals surface area contributed by atoms with Crippen molar-refractivity contribution in [2.24, 2.45) is 5.16 Å². The lowest BCUT2D eigenvalue weighted by Crippen LogP contribution is -2.35. The Hall–Kier alpha value is -1.62. The summed E-state index contributed by atoms with van der Waals surface area (Å²) in [6, 6.07) is 4.05. The fraction of sp³-hybridized carbons (Fsp3) is 0.500. The van der Waals surface area contributed by atoms with Crippen molar-refractivity contribution in [2.75, 3.05) is 0 Å². The van der Waals surface area contributed by atoms with Crippen molar-refractivity contribution in [2.45, 2.75) is 44.8 Å². The van der Waals surface area contributed by atoms with Crippen molar-refractivity contribution >= 4 is 5.71 Å². The summed E-state index contributed by atoms with van der Waals surface area (Å²) in [6.45, 7) is 1.57. The predicted octanol–water partition coefficient (Wildman–Crippen LogP) is 2.71. The molecule has 2 unspecified atom stereocenters. The maximum atomic E-state index is 13.3. The Morgan fingerprint density at radius 2 is 2.11 bits per heavy atom. The van der Waals surface area contributed by atoms with Crippen molar-refractivity contribution < 1.29 is 19.4 Å². The van der Waals surface area contributed by atoms with E-state index in [2.05, 4.69) is 5.16 Å². The van der Waals surface area contributed by atoms with Crippen molar-refractivity contribution in [1.82, 2.24) is 0 Å². The smallest absolute Gasteiger partial charge is 0.129 e. The number of aliphatic hydroxyl groups is 1. The van der Waals surface area contributed by atoms with E-state index in [1.165, 1.54) is 18.2 Å². The van der Waals surface area contributed by atoms with Crippen LogP contribution < -0.4 is 4.74 Å². The molecule has 1 saturated carbocycles. The average Bonchev–Trinajstić information content (AvgIpc) is 2.42. The van der Waals surface area contributed by atoms with E-state index < -0.39 is 11.9 Å². The van der Waals surface area contributed by atoms with E-state index in [1.807, 2.05) is 0 Å². The molecular formula is C14H18FNO3. The van der Waals surface area contributed by atoms with Gasteiger partial charge in [0.25, 0.3) is 0 Å². The topological polar surface area (TPSA) is 62.1 Å². The van der Waals surface area contributed by atoms with E-state index >= 15 is 0 Å². The van der Waals surface area contributed by atoms with Crippen LogP contribution in [0.3, 0.4) is 0 Å². The maximum absolute atomic E-state index is 13.3. The third-order valence-electron chi connectivity index (χ3n) is 3.43. The molecule has 0 spiro atoms. The highest BCUT2D eigenvalue weighted by Crippen LogP contribution is 2.27. The third kappa shape index (κ3) is 3.23. The molecule has 1 aliphatic rings. The number of ether oxygens (including phenoxy) is 1. The zero-order chi connectivity index (χ0) is 13.8. The molecule has 0 saturated heterocycles. The van der Waals surface area contributed by atoms with E-state index in [9.17, 15) is 9.50 Å². The van der Waals surface area contributed by atoms with E-state index in [0.717, 1.165) is 19.3 Å². The fourth-order valence-corrected chi connectivity index (χ4v) is 2.32. The molecule has 1 aliphatic carbocycles. The molecule has 0 aromatic heterocycles. The van der Waals surface area contributed by atoms with Crippen LogP contribution in [0.2, 0.25) is 0 Å². The van der Waals surface area contributed by atoms with E-state index in [1.54, 1.807) is 6.92 Å². The van der Waals surface area contributed by atoms with Crippen LogP contribution in [0.1, 0.15) is 38.2 Å². The Morgan fingerprint density at radius 1 is 1.37 bits per heavy atom. The Kier molecular flexibility index (Phi) is 4.37. The molecule has 0 aliphatic heterocycles. The van der Waals surface area contributed by atoms with Gasteiger partial charge in [-0.05, 0) is 44.4 Å². The summed E-state index contributed by atoms with van der Waals surface area (Å²) in [4.78, 5) is 0. The number of rotatable bonds is 3. The first-order valence-corrected chi connectivity index (χ1v) is 6.45. The van der Waals surface area contributed by atoms with Crippen molar-refractivity contribution in [3.8, 4) is 5.75 Å². The van der Waals surface area contributed by atoms with E-state index in [0.29, 0.717) is 17.7 Å². The number of nitrogens with zero attached hydrogens (tertiary/aromatic N) is 1. The molecule has 0 heterocycles. The van der Waals surface area contributed by atoms with Crippen LogP contribution in [0.4, 0.5) is 4.39 Å². The second-order valence-electron chi connectivity index (χ2n) is 4.83. The lowest BCUT2D eigenvalue weighted by Gasteiger charge is -2.29. The quantitative estimate of drug-likeness (QED) is 0.503. The molecule has 0 bridgehead atoms. The lowest BCUT2D eigenvalue weighted by atomic mass is 9.94. The first-order chi connectivity index (χ1) is 9.11. The Balaban J connectivity index is 2.24. The zero-order valence-corrected chi connectivity index (χ0v) is 10.8. The first-order valence-electron chi connectivity index (χ1n) is 6.45. The first kappa shape index (κ1) is 13.8. The van der Waals surface area contributed by atoms with Gasteiger partial charge in [-0.2, -0.15) is 0 Å². The van der Waals surface area contributed by atoms with Crippen LogP contribution in [-0.2, 0) is 0 Å². The van der Waals surface area contributed by atoms with Gasteiger partial charge in [-0.1, -0.05) is 11.6 Å². The number of aliphatic hydroxyl groups excluding tert-OH is 1. The minimum Gasteiger partial charge on any atom is -0.487 e. The number of hydrogen-bond acceptors (Lipinski definition) is 4. The molecule has 0 radical (unpaired) electrons. The highest BCUT2D eigenvalue weighted by atomic mass is 19.1. The normalized spacial score (nSPS) is 24.3. The van der Waals surface area contributed by atoms with Crippen LogP contribution in [0.25, 0.3) is 0 Å². The summed E-state index contributed by atoms with van der Waals surface area (Å²) < 4.78 is 19.0. The maximum Gasteiger partial charge on any atom is 0.129 e. The number of halogens is 1. The Bertz CT molecular complexity index is 476. The monoisotopic (exact) mass is 267 g/mol. The van der Waals surface area contributed by atoms with Gasteiger partial charge in [0.1, 0.15) is 17.7 Å². The molecule has 0 amide bonds. The highest BCUT2D eigenvalue weighted by Gasteiger charge is 2.25. The predicted molar refractivity (Wildman–Crippen MR) is 69.3 cm³/mol. The van der Waals surface area contributed by atoms with Gasteiger partial charge in [0.05, 0.1) is 11.8 Å². The molecule has 19 heavy (non-hydrogen) atoms. The molecule has 1 aromatic rings. The van der Waals surface area contributed by atoms with Gasteiger partial charge in [-0.15, -0.1) is 0 Å². The Labute approximate surface area is 111 Å². The van der Waals surface area contributed by atoms with Crippen LogP contribution in [-0.4, -0.2) is 28.2 Å². The van der Waals surface area contributed by atoms with Gasteiger partial charge >= 0.3 is 0 Å². The summed E-state index contributed by atoms with van der Waals surface area (Å²) in [5, 5.41) is 21.8. The molecule has 1 aromatic carbocycles. The van der Waals surface area contributed by atoms with Gasteiger partial charge in [0.2, 0.25) is 0 Å². The van der Waals surface area contributed by atoms with Crippen molar-refractivity contribution in [3.63, 3.8) is 0 Å². The molecule has 1 fully saturated rings. The van der Waals surface area contributed by atoms with Gasteiger partial charge in [-0.3, -0.25) is 0 Å². The third-order valence-corrected chi connectivity index (χ3v) is 3.43. The lowest BCUT2D eigenvalue weighted by molar-refractivity contribution is 0.00674. The minimum atomic E-state index is -0.502. The number of benzene rings is 1. The van der Waals surface area contributed by atoms with E-state index in [-0.39, 0.29) is 11.8 Å². The fourth-order valence-electron chi connectivity index (χ4n) is 2.32. The van der Waals surface area contributed by atoms with Crippen LogP contribution in [0, 0.1) is 5.82 Å². The van der Waals surface area contributed by atoms with Crippen LogP contribution >= 0.6 is 0 Å². The van der Waals surface area contributed by atoms with Crippen LogP contribution in [0.15, 0.2) is 23.4 Å². The molecule has 2 N–H and O–H groups in total.